The predicted octanol–water partition coefficient (Wildman–Crippen LogP) is 5.17. The standard InChI is InChI=1S/C21H22N2O3S/c1-14(2)26-16-9-7-15(8-10-16)20-22-17(13-27-20)21(24)23-11-3-5-18(23)19-6-4-12-25-19/h4,6-10,12-14,18H,3,5,11H2,1-2H3/t18-/m0/s1. The summed E-state index contributed by atoms with van der Waals surface area (Å²) >= 11 is 1.49. The zero-order valence-electron chi connectivity index (χ0n) is 15.4. The quantitative estimate of drug-likeness (QED) is 0.611. The van der Waals surface area contributed by atoms with Crippen LogP contribution in [0.3, 0.4) is 0 Å². The van der Waals surface area contributed by atoms with Gasteiger partial charge in [-0.2, -0.15) is 0 Å². The number of likely N-dealkylation sites (tertiary alicyclic amines) is 1. The molecule has 140 valence electrons. The number of benzene rings is 1. The highest BCUT2D eigenvalue weighted by molar-refractivity contribution is 7.13. The number of carbonyl (C=O) groups excluding carboxylic acids is 1. The van der Waals surface area contributed by atoms with Crippen LogP contribution in [0.25, 0.3) is 10.6 Å². The summed E-state index contributed by atoms with van der Waals surface area (Å²) in [7, 11) is 0. The summed E-state index contributed by atoms with van der Waals surface area (Å²) in [6, 6.07) is 11.6. The Hall–Kier alpha value is -2.60. The first-order chi connectivity index (χ1) is 13.1. The number of thiazole rings is 1. The summed E-state index contributed by atoms with van der Waals surface area (Å²) in [6.07, 6.45) is 3.70. The third-order valence-corrected chi connectivity index (χ3v) is 5.47. The SMILES string of the molecule is CC(C)Oc1ccc(-c2nc(C(=O)N3CCC[C@H]3c3ccco3)cs2)cc1. The Labute approximate surface area is 162 Å². The number of nitrogens with zero attached hydrogens (tertiary/aromatic N) is 2. The number of carbonyl (C=O) groups is 1. The minimum absolute atomic E-state index is 0.00474. The van der Waals surface area contributed by atoms with Gasteiger partial charge in [0.1, 0.15) is 22.2 Å². The molecule has 0 N–H and O–H groups in total. The molecule has 1 atom stereocenters. The normalized spacial score (nSPS) is 16.9. The molecule has 0 aliphatic carbocycles. The lowest BCUT2D eigenvalue weighted by Crippen LogP contribution is -2.30. The van der Waals surface area contributed by atoms with Crippen molar-refractivity contribution in [3.63, 3.8) is 0 Å². The zero-order chi connectivity index (χ0) is 18.8. The second-order valence-electron chi connectivity index (χ2n) is 6.90. The molecule has 0 bridgehead atoms. The number of hydrogen-bond donors (Lipinski definition) is 0. The molecule has 2 aromatic heterocycles. The van der Waals surface area contributed by atoms with Crippen LogP contribution in [-0.2, 0) is 0 Å². The Kier molecular flexibility index (Phi) is 4.99. The largest absolute Gasteiger partial charge is 0.491 e. The van der Waals surface area contributed by atoms with E-state index in [1.807, 2.05) is 60.5 Å². The molecule has 27 heavy (non-hydrogen) atoms. The van der Waals surface area contributed by atoms with Gasteiger partial charge < -0.3 is 14.1 Å². The van der Waals surface area contributed by atoms with Gasteiger partial charge in [0.15, 0.2) is 0 Å². The van der Waals surface area contributed by atoms with E-state index in [2.05, 4.69) is 4.98 Å². The fraction of sp³-hybridized carbons (Fsp3) is 0.333. The van der Waals surface area contributed by atoms with Crippen LogP contribution in [-0.4, -0.2) is 28.4 Å². The highest BCUT2D eigenvalue weighted by Crippen LogP contribution is 2.34. The zero-order valence-corrected chi connectivity index (χ0v) is 16.2. The Morgan fingerprint density at radius 1 is 1.30 bits per heavy atom. The molecule has 0 radical (unpaired) electrons. The van der Waals surface area contributed by atoms with Crippen LogP contribution in [0.2, 0.25) is 0 Å². The molecule has 4 rings (SSSR count). The molecule has 3 aromatic rings. The van der Waals surface area contributed by atoms with Gasteiger partial charge in [0.2, 0.25) is 0 Å². The number of rotatable bonds is 5. The Morgan fingerprint density at radius 3 is 2.81 bits per heavy atom. The van der Waals surface area contributed by atoms with E-state index in [9.17, 15) is 4.79 Å². The third-order valence-electron chi connectivity index (χ3n) is 4.58. The van der Waals surface area contributed by atoms with Crippen LogP contribution in [0.15, 0.2) is 52.5 Å². The van der Waals surface area contributed by atoms with Gasteiger partial charge in [-0.05, 0) is 63.1 Å². The number of aromatic nitrogens is 1. The Balaban J connectivity index is 1.51. The van der Waals surface area contributed by atoms with Gasteiger partial charge in [-0.25, -0.2) is 4.98 Å². The van der Waals surface area contributed by atoms with E-state index in [0.717, 1.165) is 41.5 Å². The lowest BCUT2D eigenvalue weighted by atomic mass is 10.1. The molecule has 1 aromatic carbocycles. The third kappa shape index (κ3) is 3.76. The van der Waals surface area contributed by atoms with Gasteiger partial charge in [-0.1, -0.05) is 0 Å². The smallest absolute Gasteiger partial charge is 0.273 e. The Morgan fingerprint density at radius 2 is 2.11 bits per heavy atom. The predicted molar refractivity (Wildman–Crippen MR) is 105 cm³/mol. The molecule has 0 unspecified atom stereocenters. The van der Waals surface area contributed by atoms with Gasteiger partial charge in [-0.15, -0.1) is 11.3 Å². The summed E-state index contributed by atoms with van der Waals surface area (Å²) < 4.78 is 11.2. The van der Waals surface area contributed by atoms with E-state index >= 15 is 0 Å². The maximum absolute atomic E-state index is 13.0. The van der Waals surface area contributed by atoms with E-state index < -0.39 is 0 Å². The lowest BCUT2D eigenvalue weighted by Gasteiger charge is -2.22. The first-order valence-corrected chi connectivity index (χ1v) is 10.1. The van der Waals surface area contributed by atoms with E-state index in [-0.39, 0.29) is 18.1 Å². The van der Waals surface area contributed by atoms with Gasteiger partial charge in [0.25, 0.3) is 5.91 Å². The molecule has 0 saturated carbocycles. The minimum atomic E-state index is -0.0313. The first kappa shape index (κ1) is 17.8. The molecular formula is C21H22N2O3S. The van der Waals surface area contributed by atoms with Crippen molar-refractivity contribution in [3.05, 3.63) is 59.5 Å². The van der Waals surface area contributed by atoms with Gasteiger partial charge in [-0.3, -0.25) is 4.79 Å². The molecule has 0 spiro atoms. The van der Waals surface area contributed by atoms with E-state index in [1.165, 1.54) is 11.3 Å². The second-order valence-corrected chi connectivity index (χ2v) is 7.76. The fourth-order valence-electron chi connectivity index (χ4n) is 3.39. The maximum Gasteiger partial charge on any atom is 0.273 e. The van der Waals surface area contributed by atoms with Crippen molar-refractivity contribution in [1.82, 2.24) is 9.88 Å². The summed E-state index contributed by atoms with van der Waals surface area (Å²) in [5.41, 5.74) is 1.48. The van der Waals surface area contributed by atoms with Crippen LogP contribution in [0.1, 0.15) is 49.0 Å². The molecule has 1 fully saturated rings. The van der Waals surface area contributed by atoms with E-state index in [4.69, 9.17) is 9.15 Å². The van der Waals surface area contributed by atoms with Crippen molar-refractivity contribution in [2.45, 2.75) is 38.8 Å². The average Bonchev–Trinajstić information content (AvgIpc) is 3.41. The average molecular weight is 382 g/mol. The van der Waals surface area contributed by atoms with Crippen LogP contribution < -0.4 is 4.74 Å². The highest BCUT2D eigenvalue weighted by Gasteiger charge is 2.33. The monoisotopic (exact) mass is 382 g/mol. The maximum atomic E-state index is 13.0. The number of amides is 1. The second kappa shape index (κ2) is 7.56. The highest BCUT2D eigenvalue weighted by atomic mass is 32.1. The summed E-state index contributed by atoms with van der Waals surface area (Å²) in [6.45, 7) is 4.74. The molecule has 3 heterocycles. The van der Waals surface area contributed by atoms with Crippen LogP contribution >= 0.6 is 11.3 Å². The van der Waals surface area contributed by atoms with Gasteiger partial charge in [0, 0.05) is 17.5 Å². The molecule has 1 amide bonds. The van der Waals surface area contributed by atoms with Crippen LogP contribution in [0.5, 0.6) is 5.75 Å². The van der Waals surface area contributed by atoms with E-state index in [0.29, 0.717) is 5.69 Å². The van der Waals surface area contributed by atoms with E-state index in [1.54, 1.807) is 6.26 Å². The summed E-state index contributed by atoms with van der Waals surface area (Å²) in [4.78, 5) is 19.4. The number of furan rings is 1. The van der Waals surface area contributed by atoms with Crippen molar-refractivity contribution in [2.75, 3.05) is 6.54 Å². The van der Waals surface area contributed by atoms with Crippen LogP contribution in [0.4, 0.5) is 0 Å². The Bertz CT molecular complexity index is 900. The van der Waals surface area contributed by atoms with Crippen LogP contribution in [0, 0.1) is 0 Å². The molecule has 1 aliphatic heterocycles. The fourth-order valence-corrected chi connectivity index (χ4v) is 4.19. The number of hydrogen-bond acceptors (Lipinski definition) is 5. The van der Waals surface area contributed by atoms with Crippen molar-refractivity contribution in [2.24, 2.45) is 0 Å². The van der Waals surface area contributed by atoms with Gasteiger partial charge >= 0.3 is 0 Å². The molecular weight excluding hydrogens is 360 g/mol. The molecule has 1 aliphatic rings. The van der Waals surface area contributed by atoms with Crippen molar-refractivity contribution < 1.29 is 13.9 Å². The summed E-state index contributed by atoms with van der Waals surface area (Å²) in [5.74, 6) is 1.65. The number of ether oxygens (including phenoxy) is 1. The van der Waals surface area contributed by atoms with Crippen molar-refractivity contribution >= 4 is 17.2 Å². The molecule has 5 nitrogen and oxygen atoms in total. The topological polar surface area (TPSA) is 55.6 Å². The lowest BCUT2D eigenvalue weighted by molar-refractivity contribution is 0.0715. The molecule has 6 heteroatoms. The molecule has 1 saturated heterocycles. The first-order valence-electron chi connectivity index (χ1n) is 9.19. The van der Waals surface area contributed by atoms with Crippen molar-refractivity contribution in [1.29, 1.82) is 0 Å². The minimum Gasteiger partial charge on any atom is -0.491 e. The van der Waals surface area contributed by atoms with Crippen molar-refractivity contribution in [3.8, 4) is 16.3 Å². The van der Waals surface area contributed by atoms with Gasteiger partial charge in [0.05, 0.1) is 18.4 Å². The summed E-state index contributed by atoms with van der Waals surface area (Å²) in [5, 5.41) is 2.68.